The summed E-state index contributed by atoms with van der Waals surface area (Å²) in [6.07, 6.45) is 6.63. The molecule has 0 aromatic carbocycles. The maximum absolute atomic E-state index is 6.44. The Labute approximate surface area is 95.8 Å². The van der Waals surface area contributed by atoms with Crippen molar-refractivity contribution in [2.24, 2.45) is 29.4 Å². The van der Waals surface area contributed by atoms with Crippen molar-refractivity contribution >= 4 is 0 Å². The summed E-state index contributed by atoms with van der Waals surface area (Å²) in [6.45, 7) is 9.35. The van der Waals surface area contributed by atoms with Crippen LogP contribution in [0.3, 0.4) is 0 Å². The number of nitrogens with two attached hydrogens (primary N) is 1. The van der Waals surface area contributed by atoms with Gasteiger partial charge in [0.1, 0.15) is 0 Å². The van der Waals surface area contributed by atoms with E-state index in [1.54, 1.807) is 0 Å². The predicted molar refractivity (Wildman–Crippen MR) is 67.7 cm³/mol. The lowest BCUT2D eigenvalue weighted by atomic mass is 9.70. The molecule has 1 aliphatic rings. The summed E-state index contributed by atoms with van der Waals surface area (Å²) in [5, 5.41) is 0. The van der Waals surface area contributed by atoms with E-state index in [0.717, 1.165) is 23.7 Å². The summed E-state index contributed by atoms with van der Waals surface area (Å²) >= 11 is 0. The van der Waals surface area contributed by atoms with E-state index in [2.05, 4.69) is 27.7 Å². The van der Waals surface area contributed by atoms with Crippen molar-refractivity contribution < 1.29 is 0 Å². The third-order valence-electron chi connectivity index (χ3n) is 4.35. The molecule has 1 aliphatic carbocycles. The van der Waals surface area contributed by atoms with Crippen LogP contribution in [0.15, 0.2) is 0 Å². The standard InChI is InChI=1S/C14H29N/c1-5-12(6-2)14(15)13-8-10(3)7-11(4)9-13/h10-14H,5-9,15H2,1-4H3. The summed E-state index contributed by atoms with van der Waals surface area (Å²) in [7, 11) is 0. The smallest absolute Gasteiger partial charge is 0.00956 e. The zero-order valence-electron chi connectivity index (χ0n) is 11.0. The molecule has 1 nitrogen and oxygen atoms in total. The molecule has 0 aliphatic heterocycles. The van der Waals surface area contributed by atoms with Crippen molar-refractivity contribution in [1.29, 1.82) is 0 Å². The van der Waals surface area contributed by atoms with Crippen molar-refractivity contribution in [2.45, 2.75) is 65.8 Å². The fourth-order valence-corrected chi connectivity index (χ4v) is 3.54. The van der Waals surface area contributed by atoms with Gasteiger partial charge in [-0.2, -0.15) is 0 Å². The fourth-order valence-electron chi connectivity index (χ4n) is 3.54. The summed E-state index contributed by atoms with van der Waals surface area (Å²) in [5.74, 6) is 3.31. The zero-order valence-corrected chi connectivity index (χ0v) is 11.0. The number of hydrogen-bond donors (Lipinski definition) is 1. The molecule has 0 aromatic heterocycles. The third-order valence-corrected chi connectivity index (χ3v) is 4.35. The highest BCUT2D eigenvalue weighted by Gasteiger charge is 2.30. The second kappa shape index (κ2) is 5.89. The SMILES string of the molecule is CCC(CC)C(N)C1CC(C)CC(C)C1. The van der Waals surface area contributed by atoms with Crippen LogP contribution in [0.5, 0.6) is 0 Å². The monoisotopic (exact) mass is 211 g/mol. The van der Waals surface area contributed by atoms with Gasteiger partial charge in [-0.15, -0.1) is 0 Å². The molecule has 0 bridgehead atoms. The molecular weight excluding hydrogens is 182 g/mol. The molecule has 3 unspecified atom stereocenters. The van der Waals surface area contributed by atoms with Gasteiger partial charge >= 0.3 is 0 Å². The van der Waals surface area contributed by atoms with E-state index in [0.29, 0.717) is 6.04 Å². The first-order chi connectivity index (χ1) is 7.08. The molecule has 2 N–H and O–H groups in total. The first-order valence-electron chi connectivity index (χ1n) is 6.83. The zero-order chi connectivity index (χ0) is 11.4. The van der Waals surface area contributed by atoms with Gasteiger partial charge < -0.3 is 5.73 Å². The summed E-state index contributed by atoms with van der Waals surface area (Å²) in [5.41, 5.74) is 6.44. The van der Waals surface area contributed by atoms with Gasteiger partial charge in [0, 0.05) is 6.04 Å². The molecule has 0 spiro atoms. The summed E-state index contributed by atoms with van der Waals surface area (Å²) in [6, 6.07) is 0.449. The van der Waals surface area contributed by atoms with Crippen LogP contribution in [0.4, 0.5) is 0 Å². The maximum atomic E-state index is 6.44. The highest BCUT2D eigenvalue weighted by Crippen LogP contribution is 2.36. The first kappa shape index (κ1) is 13.0. The van der Waals surface area contributed by atoms with E-state index < -0.39 is 0 Å². The van der Waals surface area contributed by atoms with Crippen molar-refractivity contribution in [2.75, 3.05) is 0 Å². The first-order valence-corrected chi connectivity index (χ1v) is 6.83. The van der Waals surface area contributed by atoms with Crippen LogP contribution >= 0.6 is 0 Å². The van der Waals surface area contributed by atoms with Gasteiger partial charge in [0.25, 0.3) is 0 Å². The Balaban J connectivity index is 2.53. The molecule has 1 saturated carbocycles. The Hall–Kier alpha value is -0.0400. The molecule has 1 heteroatoms. The van der Waals surface area contributed by atoms with Crippen LogP contribution in [-0.4, -0.2) is 6.04 Å². The molecule has 90 valence electrons. The molecule has 0 saturated heterocycles. The Morgan fingerprint density at radius 3 is 1.87 bits per heavy atom. The highest BCUT2D eigenvalue weighted by molar-refractivity contribution is 4.85. The molecule has 0 radical (unpaired) electrons. The number of rotatable bonds is 4. The van der Waals surface area contributed by atoms with Gasteiger partial charge in [0.2, 0.25) is 0 Å². The average Bonchev–Trinajstić information content (AvgIpc) is 2.18. The van der Waals surface area contributed by atoms with Crippen LogP contribution in [0.25, 0.3) is 0 Å². The lowest BCUT2D eigenvalue weighted by Crippen LogP contribution is -2.40. The van der Waals surface area contributed by atoms with Crippen LogP contribution in [0.1, 0.15) is 59.8 Å². The van der Waals surface area contributed by atoms with Gasteiger partial charge in [-0.05, 0) is 42.9 Å². The molecule has 3 atom stereocenters. The van der Waals surface area contributed by atoms with Gasteiger partial charge in [-0.25, -0.2) is 0 Å². The van der Waals surface area contributed by atoms with Crippen molar-refractivity contribution in [3.05, 3.63) is 0 Å². The van der Waals surface area contributed by atoms with Crippen LogP contribution in [-0.2, 0) is 0 Å². The second-order valence-electron chi connectivity index (χ2n) is 5.83. The lowest BCUT2D eigenvalue weighted by molar-refractivity contribution is 0.160. The predicted octanol–water partition coefficient (Wildman–Crippen LogP) is 3.82. The van der Waals surface area contributed by atoms with E-state index in [4.69, 9.17) is 5.73 Å². The van der Waals surface area contributed by atoms with E-state index in [1.807, 2.05) is 0 Å². The minimum Gasteiger partial charge on any atom is -0.327 e. The van der Waals surface area contributed by atoms with Gasteiger partial charge in [0.15, 0.2) is 0 Å². The van der Waals surface area contributed by atoms with Crippen LogP contribution < -0.4 is 5.73 Å². The van der Waals surface area contributed by atoms with Crippen molar-refractivity contribution in [1.82, 2.24) is 0 Å². The minimum absolute atomic E-state index is 0.449. The quantitative estimate of drug-likeness (QED) is 0.751. The van der Waals surface area contributed by atoms with Gasteiger partial charge in [-0.1, -0.05) is 40.5 Å². The van der Waals surface area contributed by atoms with Crippen LogP contribution in [0.2, 0.25) is 0 Å². The highest BCUT2D eigenvalue weighted by atomic mass is 14.7. The van der Waals surface area contributed by atoms with Crippen LogP contribution in [0, 0.1) is 23.7 Å². The molecular formula is C14H29N. The Morgan fingerprint density at radius 1 is 1.00 bits per heavy atom. The minimum atomic E-state index is 0.449. The second-order valence-corrected chi connectivity index (χ2v) is 5.83. The maximum Gasteiger partial charge on any atom is 0.00956 e. The van der Waals surface area contributed by atoms with E-state index in [-0.39, 0.29) is 0 Å². The van der Waals surface area contributed by atoms with E-state index >= 15 is 0 Å². The molecule has 0 amide bonds. The average molecular weight is 211 g/mol. The normalized spacial score (nSPS) is 34.4. The Bertz CT molecular complexity index is 164. The molecule has 1 rings (SSSR count). The lowest BCUT2D eigenvalue weighted by Gasteiger charge is -2.37. The van der Waals surface area contributed by atoms with E-state index in [9.17, 15) is 0 Å². The largest absolute Gasteiger partial charge is 0.327 e. The molecule has 0 heterocycles. The number of hydrogen-bond acceptors (Lipinski definition) is 1. The summed E-state index contributed by atoms with van der Waals surface area (Å²) < 4.78 is 0. The summed E-state index contributed by atoms with van der Waals surface area (Å²) in [4.78, 5) is 0. The Kier molecular flexibility index (Phi) is 5.11. The molecule has 15 heavy (non-hydrogen) atoms. The van der Waals surface area contributed by atoms with Crippen molar-refractivity contribution in [3.63, 3.8) is 0 Å². The van der Waals surface area contributed by atoms with Gasteiger partial charge in [-0.3, -0.25) is 0 Å². The Morgan fingerprint density at radius 2 is 1.47 bits per heavy atom. The van der Waals surface area contributed by atoms with E-state index in [1.165, 1.54) is 32.1 Å². The fraction of sp³-hybridized carbons (Fsp3) is 1.00. The topological polar surface area (TPSA) is 26.0 Å². The molecule has 1 fully saturated rings. The van der Waals surface area contributed by atoms with Gasteiger partial charge in [0.05, 0.1) is 0 Å². The van der Waals surface area contributed by atoms with Crippen molar-refractivity contribution in [3.8, 4) is 0 Å². The third kappa shape index (κ3) is 3.48. The molecule has 0 aromatic rings.